The SMILES string of the molecule is CCCCCCC/C=C\C/C=C\C/C=C\CCCCCCCCCCCCCCC(=O)NC(COC1OC(CO)C(OC2OC(CO)C(O)C(O)C2O)C(O)C1O)C(O)/C=C/CC/C=C/CCCCCCCCCCCCCCCCCCCCCCCCCCCCC. The van der Waals surface area contributed by atoms with Crippen LogP contribution in [0, 0.1) is 0 Å². The summed E-state index contributed by atoms with van der Waals surface area (Å²) in [6, 6.07) is -0.937. The lowest BCUT2D eigenvalue weighted by Gasteiger charge is -2.46. The largest absolute Gasteiger partial charge is 0.394 e. The lowest BCUT2D eigenvalue weighted by atomic mass is 9.97. The summed E-state index contributed by atoms with van der Waals surface area (Å²) in [5.74, 6) is -0.248. The van der Waals surface area contributed by atoms with Crippen LogP contribution < -0.4 is 5.32 Å². The van der Waals surface area contributed by atoms with Crippen LogP contribution in [-0.2, 0) is 23.7 Å². The van der Waals surface area contributed by atoms with Gasteiger partial charge in [-0.15, -0.1) is 0 Å². The molecule has 0 bridgehead atoms. The number of nitrogens with one attached hydrogen (secondary N) is 1. The number of unbranched alkanes of at least 4 members (excludes halogenated alkanes) is 45. The molecule has 0 spiro atoms. The standard InChI is InChI=1S/C80H147NO13/c1-3-5-7-9-11-13-15-17-19-21-23-25-27-29-31-32-33-34-35-36-38-39-41-43-45-47-49-51-53-55-57-59-61-63-69(84)68(67-91-79-77(90)75(88)78(71(66-83)93-79)94-80-76(89)74(87)73(86)70(65-82)92-80)81-72(85)64-62-60-58-56-54-52-50-48-46-44-42-40-37-30-28-26-24-22-20-18-16-14-12-10-8-6-4-2/h16,18,22,24,28,30,53,55,61,63,68-71,73-80,82-84,86-90H,3-15,17,19-21,23,25-27,29,31-52,54,56-60,62,64-67H2,1-2H3,(H,81,85)/b18-16-,24-22-,30-28-,55-53+,63-61+. The molecule has 1 amide bonds. The van der Waals surface area contributed by atoms with Crippen molar-refractivity contribution in [3.8, 4) is 0 Å². The average Bonchev–Trinajstić information content (AvgIpc) is 0.794. The van der Waals surface area contributed by atoms with Gasteiger partial charge in [-0.05, 0) is 70.6 Å². The summed E-state index contributed by atoms with van der Waals surface area (Å²) < 4.78 is 22.9. The van der Waals surface area contributed by atoms with Crippen molar-refractivity contribution < 1.29 is 64.6 Å². The molecule has 0 aromatic rings. The molecular formula is C80H147NO13. The van der Waals surface area contributed by atoms with Gasteiger partial charge in [-0.25, -0.2) is 0 Å². The summed E-state index contributed by atoms with van der Waals surface area (Å²) in [5.41, 5.74) is 0. The number of hydrogen-bond donors (Lipinski definition) is 9. The Kier molecular flexibility index (Phi) is 59.8. The lowest BCUT2D eigenvalue weighted by molar-refractivity contribution is -0.359. The zero-order chi connectivity index (χ0) is 68.0. The zero-order valence-corrected chi connectivity index (χ0v) is 60.2. The third-order valence-corrected chi connectivity index (χ3v) is 19.2. The molecule has 0 aromatic heterocycles. The number of carbonyl (C=O) groups excluding carboxylic acids is 1. The Hall–Kier alpha value is -2.31. The molecule has 2 heterocycles. The summed E-state index contributed by atoms with van der Waals surface area (Å²) in [7, 11) is 0. The molecular weight excluding hydrogens is 1180 g/mol. The van der Waals surface area contributed by atoms with Gasteiger partial charge in [0.05, 0.1) is 32.0 Å². The minimum atomic E-state index is -1.79. The predicted octanol–water partition coefficient (Wildman–Crippen LogP) is 17.6. The maximum Gasteiger partial charge on any atom is 0.220 e. The van der Waals surface area contributed by atoms with E-state index < -0.39 is 86.8 Å². The summed E-state index contributed by atoms with van der Waals surface area (Å²) >= 11 is 0. The Morgan fingerprint density at radius 2 is 0.713 bits per heavy atom. The van der Waals surface area contributed by atoms with E-state index in [1.54, 1.807) is 6.08 Å². The second kappa shape index (κ2) is 64.1. The molecule has 0 saturated carbocycles. The Labute approximate surface area is 575 Å². The van der Waals surface area contributed by atoms with Crippen molar-refractivity contribution in [3.05, 3.63) is 60.8 Å². The maximum atomic E-state index is 13.4. The molecule has 550 valence electrons. The van der Waals surface area contributed by atoms with E-state index in [2.05, 4.69) is 67.8 Å². The monoisotopic (exact) mass is 1330 g/mol. The minimum absolute atomic E-state index is 0.248. The lowest BCUT2D eigenvalue weighted by Crippen LogP contribution is -2.65. The first-order valence-corrected chi connectivity index (χ1v) is 39.5. The van der Waals surface area contributed by atoms with E-state index in [0.717, 1.165) is 44.9 Å². The van der Waals surface area contributed by atoms with Crippen LogP contribution >= 0.6 is 0 Å². The first-order valence-electron chi connectivity index (χ1n) is 39.5. The van der Waals surface area contributed by atoms with E-state index in [1.165, 1.54) is 270 Å². The molecule has 2 aliphatic heterocycles. The van der Waals surface area contributed by atoms with Crippen molar-refractivity contribution >= 4 is 5.91 Å². The normalized spacial score (nSPS) is 22.7. The Morgan fingerprint density at radius 1 is 0.383 bits per heavy atom. The molecule has 2 rings (SSSR count). The van der Waals surface area contributed by atoms with E-state index in [0.29, 0.717) is 12.8 Å². The van der Waals surface area contributed by atoms with Gasteiger partial charge in [0.1, 0.15) is 48.8 Å². The molecule has 94 heavy (non-hydrogen) atoms. The second-order valence-corrected chi connectivity index (χ2v) is 27.8. The summed E-state index contributed by atoms with van der Waals surface area (Å²) in [4.78, 5) is 13.4. The fourth-order valence-electron chi connectivity index (χ4n) is 12.9. The van der Waals surface area contributed by atoms with Gasteiger partial charge in [-0.3, -0.25) is 4.79 Å². The van der Waals surface area contributed by atoms with Crippen molar-refractivity contribution in [1.29, 1.82) is 0 Å². The third-order valence-electron chi connectivity index (χ3n) is 19.2. The van der Waals surface area contributed by atoms with E-state index in [-0.39, 0.29) is 18.9 Å². The summed E-state index contributed by atoms with van der Waals surface area (Å²) in [5, 5.41) is 87.6. The topological polar surface area (TPSA) is 228 Å². The van der Waals surface area contributed by atoms with Gasteiger partial charge in [-0.2, -0.15) is 0 Å². The Bertz CT molecular complexity index is 1810. The fourth-order valence-corrected chi connectivity index (χ4v) is 12.9. The quantitative estimate of drug-likeness (QED) is 0.0204. The van der Waals surface area contributed by atoms with Crippen molar-refractivity contribution in [3.63, 3.8) is 0 Å². The molecule has 0 radical (unpaired) electrons. The smallest absolute Gasteiger partial charge is 0.220 e. The van der Waals surface area contributed by atoms with Crippen LogP contribution in [0.5, 0.6) is 0 Å². The number of hydrogen-bond acceptors (Lipinski definition) is 13. The second-order valence-electron chi connectivity index (χ2n) is 27.8. The van der Waals surface area contributed by atoms with E-state index in [4.69, 9.17) is 18.9 Å². The first kappa shape index (κ1) is 87.8. The fraction of sp³-hybridized carbons (Fsp3) is 0.863. The van der Waals surface area contributed by atoms with Gasteiger partial charge in [0, 0.05) is 6.42 Å². The minimum Gasteiger partial charge on any atom is -0.394 e. The first-order chi connectivity index (χ1) is 46.1. The van der Waals surface area contributed by atoms with Crippen molar-refractivity contribution in [1.82, 2.24) is 5.32 Å². The number of aliphatic hydroxyl groups is 8. The van der Waals surface area contributed by atoms with Gasteiger partial charge in [0.2, 0.25) is 5.91 Å². The molecule has 2 saturated heterocycles. The molecule has 0 aromatic carbocycles. The number of rotatable bonds is 66. The summed E-state index contributed by atoms with van der Waals surface area (Å²) in [6.07, 6.45) is 70.2. The molecule has 0 aliphatic carbocycles. The van der Waals surface area contributed by atoms with Crippen LogP contribution in [0.25, 0.3) is 0 Å². The van der Waals surface area contributed by atoms with Crippen molar-refractivity contribution in [2.24, 2.45) is 0 Å². The highest BCUT2D eigenvalue weighted by molar-refractivity contribution is 5.76. The molecule has 2 aliphatic rings. The number of aliphatic hydroxyl groups excluding tert-OH is 8. The average molecular weight is 1330 g/mol. The number of ether oxygens (including phenoxy) is 4. The van der Waals surface area contributed by atoms with Crippen LogP contribution in [0.4, 0.5) is 0 Å². The van der Waals surface area contributed by atoms with Crippen LogP contribution in [-0.4, -0.2) is 140 Å². The third kappa shape index (κ3) is 46.9. The molecule has 14 nitrogen and oxygen atoms in total. The molecule has 9 N–H and O–H groups in total. The van der Waals surface area contributed by atoms with Crippen molar-refractivity contribution in [2.75, 3.05) is 19.8 Å². The maximum absolute atomic E-state index is 13.4. The molecule has 12 unspecified atom stereocenters. The van der Waals surface area contributed by atoms with E-state index in [1.807, 2.05) is 6.08 Å². The Balaban J connectivity index is 1.64. The van der Waals surface area contributed by atoms with Gasteiger partial charge in [-0.1, -0.05) is 331 Å². The zero-order valence-electron chi connectivity index (χ0n) is 60.2. The Morgan fingerprint density at radius 3 is 1.12 bits per heavy atom. The molecule has 12 atom stereocenters. The van der Waals surface area contributed by atoms with Crippen LogP contribution in [0.1, 0.15) is 348 Å². The van der Waals surface area contributed by atoms with Crippen molar-refractivity contribution in [2.45, 2.75) is 421 Å². The van der Waals surface area contributed by atoms with Gasteiger partial charge in [0.15, 0.2) is 12.6 Å². The van der Waals surface area contributed by atoms with Gasteiger partial charge >= 0.3 is 0 Å². The highest BCUT2D eigenvalue weighted by atomic mass is 16.7. The highest BCUT2D eigenvalue weighted by Gasteiger charge is 2.51. The molecule has 14 heteroatoms. The predicted molar refractivity (Wildman–Crippen MR) is 387 cm³/mol. The number of allylic oxidation sites excluding steroid dienone is 9. The molecule has 2 fully saturated rings. The number of amides is 1. The van der Waals surface area contributed by atoms with E-state index >= 15 is 0 Å². The van der Waals surface area contributed by atoms with Crippen LogP contribution in [0.15, 0.2) is 60.8 Å². The van der Waals surface area contributed by atoms with Gasteiger partial charge < -0.3 is 65.1 Å². The van der Waals surface area contributed by atoms with Gasteiger partial charge in [0.25, 0.3) is 0 Å². The van der Waals surface area contributed by atoms with Crippen LogP contribution in [0.2, 0.25) is 0 Å². The highest BCUT2D eigenvalue weighted by Crippen LogP contribution is 2.30. The summed E-state index contributed by atoms with van der Waals surface area (Å²) in [6.45, 7) is 2.82. The van der Waals surface area contributed by atoms with E-state index in [9.17, 15) is 45.6 Å². The number of carbonyl (C=O) groups is 1. The van der Waals surface area contributed by atoms with Crippen LogP contribution in [0.3, 0.4) is 0 Å².